The molecule has 1 heterocycles. The van der Waals surface area contributed by atoms with E-state index in [9.17, 15) is 9.59 Å². The smallest absolute Gasteiger partial charge is 0.331 e. The van der Waals surface area contributed by atoms with Crippen molar-refractivity contribution in [2.75, 3.05) is 5.32 Å². The molecule has 17 heavy (non-hydrogen) atoms. The van der Waals surface area contributed by atoms with Gasteiger partial charge in [-0.25, -0.2) is 4.79 Å². The molecular weight excluding hydrogens is 222 g/mol. The van der Waals surface area contributed by atoms with Crippen LogP contribution in [-0.4, -0.2) is 27.2 Å². The summed E-state index contributed by atoms with van der Waals surface area (Å²) >= 11 is 0. The first-order chi connectivity index (χ1) is 7.95. The molecule has 0 saturated carbocycles. The van der Waals surface area contributed by atoms with Crippen molar-refractivity contribution >= 4 is 17.7 Å². The highest BCUT2D eigenvalue weighted by atomic mass is 16.4. The average molecular weight is 237 g/mol. The molecule has 3 N–H and O–H groups in total. The second-order valence-electron chi connectivity index (χ2n) is 3.64. The fraction of sp³-hybridized carbons (Fsp3) is 0.364. The maximum Gasteiger partial charge on any atom is 0.331 e. The molecule has 0 radical (unpaired) electrons. The van der Waals surface area contributed by atoms with Gasteiger partial charge in [-0.15, -0.1) is 0 Å². The molecule has 1 aromatic heterocycles. The molecule has 1 aromatic rings. The minimum absolute atomic E-state index is 0.0220. The van der Waals surface area contributed by atoms with Gasteiger partial charge in [0.15, 0.2) is 5.82 Å². The molecule has 1 rings (SSSR count). The number of hydrogen-bond acceptors (Lipinski definition) is 3. The third-order valence-electron chi connectivity index (χ3n) is 2.48. The maximum atomic E-state index is 11.7. The van der Waals surface area contributed by atoms with E-state index in [0.717, 1.165) is 12.1 Å². The van der Waals surface area contributed by atoms with Gasteiger partial charge in [0.25, 0.3) is 5.91 Å². The Hall–Kier alpha value is -2.11. The molecule has 0 saturated heterocycles. The molecule has 0 bridgehead atoms. The Morgan fingerprint density at radius 1 is 1.41 bits per heavy atom. The Bertz CT molecular complexity index is 474. The fourth-order valence-electron chi connectivity index (χ4n) is 1.15. The van der Waals surface area contributed by atoms with Gasteiger partial charge in [-0.2, -0.15) is 5.10 Å². The normalized spacial score (nSPS) is 11.9. The van der Waals surface area contributed by atoms with E-state index in [0.29, 0.717) is 5.82 Å². The molecule has 1 amide bonds. The standard InChI is InChI=1S/C11H15N3O3/c1-4-8-5-9(14-13-8)12-10(15)6(2)7(3)11(16)17/h5H,4H2,1-3H3,(H,16,17)(H2,12,13,14,15)/b7-6-. The number of anilines is 1. The van der Waals surface area contributed by atoms with Crippen LogP contribution in [0.2, 0.25) is 0 Å². The number of aromatic amines is 1. The number of aromatic nitrogens is 2. The van der Waals surface area contributed by atoms with Crippen molar-refractivity contribution in [1.82, 2.24) is 10.2 Å². The molecule has 0 atom stereocenters. The predicted molar refractivity (Wildman–Crippen MR) is 62.6 cm³/mol. The number of aliphatic carboxylic acids is 1. The summed E-state index contributed by atoms with van der Waals surface area (Å²) in [5, 5.41) is 17.9. The number of nitrogens with one attached hydrogen (secondary N) is 2. The van der Waals surface area contributed by atoms with Crippen LogP contribution in [0.25, 0.3) is 0 Å². The summed E-state index contributed by atoms with van der Waals surface area (Å²) in [6.45, 7) is 4.81. The lowest BCUT2D eigenvalue weighted by Crippen LogP contribution is -2.16. The number of amides is 1. The Labute approximate surface area is 98.7 Å². The molecule has 0 aliphatic heterocycles. The third kappa shape index (κ3) is 3.17. The van der Waals surface area contributed by atoms with Crippen LogP contribution in [-0.2, 0) is 16.0 Å². The Balaban J connectivity index is 2.79. The number of aryl methyl sites for hydroxylation is 1. The summed E-state index contributed by atoms with van der Waals surface area (Å²) in [6.07, 6.45) is 0.784. The van der Waals surface area contributed by atoms with Crippen molar-refractivity contribution in [2.24, 2.45) is 0 Å². The number of nitrogens with zero attached hydrogens (tertiary/aromatic N) is 1. The summed E-state index contributed by atoms with van der Waals surface area (Å²) < 4.78 is 0. The first kappa shape index (κ1) is 13.0. The number of rotatable bonds is 4. The van der Waals surface area contributed by atoms with Crippen molar-refractivity contribution in [2.45, 2.75) is 27.2 Å². The van der Waals surface area contributed by atoms with Gasteiger partial charge in [-0.1, -0.05) is 6.92 Å². The van der Waals surface area contributed by atoms with E-state index >= 15 is 0 Å². The van der Waals surface area contributed by atoms with Gasteiger partial charge < -0.3 is 10.4 Å². The number of hydrogen-bond donors (Lipinski definition) is 3. The Kier molecular flexibility index (Phi) is 4.03. The van der Waals surface area contributed by atoms with E-state index in [1.165, 1.54) is 13.8 Å². The van der Waals surface area contributed by atoms with Gasteiger partial charge in [-0.3, -0.25) is 9.89 Å². The van der Waals surface area contributed by atoms with Gasteiger partial charge >= 0.3 is 5.97 Å². The van der Waals surface area contributed by atoms with E-state index in [4.69, 9.17) is 5.11 Å². The summed E-state index contributed by atoms with van der Waals surface area (Å²) in [5.41, 5.74) is 1.09. The molecule has 0 fully saturated rings. The molecule has 92 valence electrons. The number of carboxylic acid groups (broad SMARTS) is 1. The van der Waals surface area contributed by atoms with Gasteiger partial charge in [-0.05, 0) is 20.3 Å². The van der Waals surface area contributed by atoms with Crippen molar-refractivity contribution in [1.29, 1.82) is 0 Å². The summed E-state index contributed by atoms with van der Waals surface area (Å²) in [4.78, 5) is 22.4. The van der Waals surface area contributed by atoms with Crippen LogP contribution in [0.5, 0.6) is 0 Å². The van der Waals surface area contributed by atoms with Crippen molar-refractivity contribution < 1.29 is 14.7 Å². The molecular formula is C11H15N3O3. The molecule has 0 aliphatic rings. The first-order valence-electron chi connectivity index (χ1n) is 5.22. The average Bonchev–Trinajstić information content (AvgIpc) is 2.74. The van der Waals surface area contributed by atoms with Crippen LogP contribution in [0.15, 0.2) is 17.2 Å². The fourth-order valence-corrected chi connectivity index (χ4v) is 1.15. The van der Waals surface area contributed by atoms with Crippen LogP contribution in [0.3, 0.4) is 0 Å². The molecule has 0 aliphatic carbocycles. The van der Waals surface area contributed by atoms with Crippen molar-refractivity contribution in [3.63, 3.8) is 0 Å². The minimum Gasteiger partial charge on any atom is -0.478 e. The number of H-pyrrole nitrogens is 1. The zero-order valence-corrected chi connectivity index (χ0v) is 10.00. The first-order valence-corrected chi connectivity index (χ1v) is 5.22. The van der Waals surface area contributed by atoms with Gasteiger partial charge in [0.1, 0.15) is 0 Å². The number of carboxylic acids is 1. The monoisotopic (exact) mass is 237 g/mol. The van der Waals surface area contributed by atoms with Crippen molar-refractivity contribution in [3.05, 3.63) is 22.9 Å². The molecule has 0 unspecified atom stereocenters. The largest absolute Gasteiger partial charge is 0.478 e. The van der Waals surface area contributed by atoms with Crippen LogP contribution in [0.1, 0.15) is 26.5 Å². The minimum atomic E-state index is -1.10. The number of carbonyl (C=O) groups excluding carboxylic acids is 1. The zero-order valence-electron chi connectivity index (χ0n) is 10.00. The van der Waals surface area contributed by atoms with Crippen LogP contribution < -0.4 is 5.32 Å². The van der Waals surface area contributed by atoms with E-state index in [1.807, 2.05) is 6.92 Å². The van der Waals surface area contributed by atoms with Gasteiger partial charge in [0, 0.05) is 22.9 Å². The van der Waals surface area contributed by atoms with Crippen molar-refractivity contribution in [3.8, 4) is 0 Å². The predicted octanol–water partition coefficient (Wildman–Crippen LogP) is 1.33. The Morgan fingerprint density at radius 2 is 2.06 bits per heavy atom. The lowest BCUT2D eigenvalue weighted by molar-refractivity contribution is -0.133. The SMILES string of the molecule is CCc1cc(NC(=O)/C(C)=C(/C)C(=O)O)n[nH]1. The van der Waals surface area contributed by atoms with Crippen LogP contribution >= 0.6 is 0 Å². The molecule has 6 heteroatoms. The lowest BCUT2D eigenvalue weighted by atomic mass is 10.1. The highest BCUT2D eigenvalue weighted by Crippen LogP contribution is 2.10. The van der Waals surface area contributed by atoms with E-state index in [2.05, 4.69) is 15.5 Å². The summed E-state index contributed by atoms with van der Waals surface area (Å²) in [6, 6.07) is 1.71. The lowest BCUT2D eigenvalue weighted by Gasteiger charge is -2.03. The highest BCUT2D eigenvalue weighted by molar-refractivity contribution is 6.07. The van der Waals surface area contributed by atoms with Gasteiger partial charge in [0.05, 0.1) is 0 Å². The van der Waals surface area contributed by atoms with Gasteiger partial charge in [0.2, 0.25) is 0 Å². The molecule has 0 spiro atoms. The Morgan fingerprint density at radius 3 is 2.53 bits per heavy atom. The summed E-state index contributed by atoms with van der Waals surface area (Å²) in [7, 11) is 0. The quantitative estimate of drug-likeness (QED) is 0.688. The maximum absolute atomic E-state index is 11.7. The second kappa shape index (κ2) is 5.29. The highest BCUT2D eigenvalue weighted by Gasteiger charge is 2.13. The molecule has 6 nitrogen and oxygen atoms in total. The zero-order chi connectivity index (χ0) is 13.0. The second-order valence-corrected chi connectivity index (χ2v) is 3.64. The van der Waals surface area contributed by atoms with Crippen LogP contribution in [0.4, 0.5) is 5.82 Å². The van der Waals surface area contributed by atoms with E-state index in [1.54, 1.807) is 6.07 Å². The topological polar surface area (TPSA) is 95.1 Å². The van der Waals surface area contributed by atoms with E-state index < -0.39 is 11.9 Å². The molecule has 0 aromatic carbocycles. The number of carbonyl (C=O) groups is 2. The third-order valence-corrected chi connectivity index (χ3v) is 2.48. The summed E-state index contributed by atoms with van der Waals surface area (Å²) in [5.74, 6) is -1.17. The van der Waals surface area contributed by atoms with Crippen LogP contribution in [0, 0.1) is 0 Å². The van der Waals surface area contributed by atoms with E-state index in [-0.39, 0.29) is 11.1 Å².